The Morgan fingerprint density at radius 2 is 2.40 bits per heavy atom. The molecule has 3 heterocycles. The molecule has 0 aliphatic carbocycles. The van der Waals surface area contributed by atoms with E-state index in [1.807, 2.05) is 19.1 Å². The summed E-state index contributed by atoms with van der Waals surface area (Å²) in [5.74, 6) is 1.32. The molecule has 0 aromatic carbocycles. The molecule has 1 atom stereocenters. The van der Waals surface area contributed by atoms with Crippen LogP contribution >= 0.6 is 12.2 Å². The summed E-state index contributed by atoms with van der Waals surface area (Å²) in [6.45, 7) is 3.14. The molecular weight excluding hydrogens is 276 g/mol. The van der Waals surface area contributed by atoms with Gasteiger partial charge in [0.2, 0.25) is 0 Å². The summed E-state index contributed by atoms with van der Waals surface area (Å²) in [6, 6.07) is 3.68. The van der Waals surface area contributed by atoms with Gasteiger partial charge in [-0.3, -0.25) is 9.69 Å². The summed E-state index contributed by atoms with van der Waals surface area (Å²) in [5, 5.41) is 3.37. The fourth-order valence-electron chi connectivity index (χ4n) is 2.40. The molecule has 6 heteroatoms. The molecule has 20 heavy (non-hydrogen) atoms. The van der Waals surface area contributed by atoms with E-state index < -0.39 is 0 Å². The molecule has 1 N–H and O–H groups in total. The Labute approximate surface area is 122 Å². The van der Waals surface area contributed by atoms with Gasteiger partial charge in [-0.25, -0.2) is 0 Å². The highest BCUT2D eigenvalue weighted by atomic mass is 32.1. The monoisotopic (exact) mass is 292 g/mol. The predicted molar refractivity (Wildman–Crippen MR) is 77.8 cm³/mol. The van der Waals surface area contributed by atoms with E-state index in [4.69, 9.17) is 21.4 Å². The Balaban J connectivity index is 1.74. The summed E-state index contributed by atoms with van der Waals surface area (Å²) >= 11 is 5.22. The van der Waals surface area contributed by atoms with Crippen molar-refractivity contribution in [2.75, 3.05) is 13.2 Å². The Bertz CT molecular complexity index is 573. The van der Waals surface area contributed by atoms with Crippen LogP contribution in [0, 0.1) is 6.92 Å². The number of carbonyl (C=O) groups excluding carboxylic acids is 1. The smallest absolute Gasteiger partial charge is 0.276 e. The molecule has 0 saturated carbocycles. The molecule has 0 bridgehead atoms. The van der Waals surface area contributed by atoms with Crippen molar-refractivity contribution >= 4 is 29.3 Å². The zero-order valence-electron chi connectivity index (χ0n) is 11.2. The second kappa shape index (κ2) is 5.38. The summed E-state index contributed by atoms with van der Waals surface area (Å²) < 4.78 is 11.0. The average Bonchev–Trinajstić information content (AvgIpc) is 3.10. The lowest BCUT2D eigenvalue weighted by Crippen LogP contribution is -2.37. The van der Waals surface area contributed by atoms with Gasteiger partial charge in [-0.2, -0.15) is 0 Å². The minimum atomic E-state index is -0.125. The van der Waals surface area contributed by atoms with Gasteiger partial charge >= 0.3 is 0 Å². The number of hydrogen-bond donors (Lipinski definition) is 1. The van der Waals surface area contributed by atoms with Crippen LogP contribution < -0.4 is 5.32 Å². The fourth-order valence-corrected chi connectivity index (χ4v) is 2.67. The van der Waals surface area contributed by atoms with Gasteiger partial charge < -0.3 is 14.5 Å². The first-order valence-electron chi connectivity index (χ1n) is 6.66. The maximum absolute atomic E-state index is 12.3. The van der Waals surface area contributed by atoms with Crippen molar-refractivity contribution in [3.8, 4) is 0 Å². The van der Waals surface area contributed by atoms with Crippen molar-refractivity contribution < 1.29 is 13.9 Å². The maximum atomic E-state index is 12.3. The normalized spacial score (nSPS) is 24.8. The lowest BCUT2D eigenvalue weighted by atomic mass is 10.2. The highest BCUT2D eigenvalue weighted by Crippen LogP contribution is 2.19. The lowest BCUT2D eigenvalue weighted by molar-refractivity contribution is -0.123. The van der Waals surface area contributed by atoms with Gasteiger partial charge in [0.15, 0.2) is 5.11 Å². The van der Waals surface area contributed by atoms with Crippen LogP contribution in [0.25, 0.3) is 6.08 Å². The fraction of sp³-hybridized carbons (Fsp3) is 0.429. The van der Waals surface area contributed by atoms with E-state index in [1.165, 1.54) is 0 Å². The Morgan fingerprint density at radius 1 is 1.55 bits per heavy atom. The number of nitrogens with one attached hydrogen (secondary N) is 1. The number of hydrogen-bond acceptors (Lipinski definition) is 4. The van der Waals surface area contributed by atoms with Gasteiger partial charge in [0, 0.05) is 12.7 Å². The summed E-state index contributed by atoms with van der Waals surface area (Å²) in [5.41, 5.74) is 0.447. The number of thiocarbonyl (C=S) groups is 1. The minimum Gasteiger partial charge on any atom is -0.462 e. The number of rotatable bonds is 3. The Kier molecular flexibility index (Phi) is 3.58. The van der Waals surface area contributed by atoms with Crippen LogP contribution in [0.15, 0.2) is 22.2 Å². The predicted octanol–water partition coefficient (Wildman–Crippen LogP) is 1.82. The lowest BCUT2D eigenvalue weighted by Gasteiger charge is -2.18. The van der Waals surface area contributed by atoms with E-state index in [-0.39, 0.29) is 12.0 Å². The van der Waals surface area contributed by atoms with Crippen molar-refractivity contribution in [1.82, 2.24) is 10.2 Å². The van der Waals surface area contributed by atoms with Crippen LogP contribution in [0.1, 0.15) is 24.4 Å². The molecule has 2 saturated heterocycles. The van der Waals surface area contributed by atoms with Gasteiger partial charge in [-0.15, -0.1) is 0 Å². The second-order valence-electron chi connectivity index (χ2n) is 4.99. The SMILES string of the molecule is Cc1ccc(C=C2NC(=S)N(CC3CCCO3)C2=O)o1. The molecule has 1 aromatic rings. The Hall–Kier alpha value is -1.66. The van der Waals surface area contributed by atoms with Crippen molar-refractivity contribution in [1.29, 1.82) is 0 Å². The van der Waals surface area contributed by atoms with E-state index in [0.717, 1.165) is 25.2 Å². The van der Waals surface area contributed by atoms with Gasteiger partial charge in [0.1, 0.15) is 17.2 Å². The average molecular weight is 292 g/mol. The molecule has 1 amide bonds. The molecule has 2 aliphatic heterocycles. The molecule has 0 radical (unpaired) electrons. The van der Waals surface area contributed by atoms with Crippen LogP contribution in [0.4, 0.5) is 0 Å². The summed E-state index contributed by atoms with van der Waals surface area (Å²) in [7, 11) is 0. The van der Waals surface area contributed by atoms with Gasteiger partial charge in [0.05, 0.1) is 12.6 Å². The largest absolute Gasteiger partial charge is 0.462 e. The number of carbonyl (C=O) groups is 1. The molecule has 1 aromatic heterocycles. The summed E-state index contributed by atoms with van der Waals surface area (Å²) in [6.07, 6.45) is 3.78. The molecule has 0 spiro atoms. The van der Waals surface area contributed by atoms with Gasteiger partial charge in [-0.05, 0) is 44.1 Å². The minimum absolute atomic E-state index is 0.0870. The molecular formula is C14H16N2O3S. The van der Waals surface area contributed by atoms with Gasteiger partial charge in [-0.1, -0.05) is 0 Å². The van der Waals surface area contributed by atoms with Crippen molar-refractivity contribution in [2.45, 2.75) is 25.9 Å². The first kappa shape index (κ1) is 13.3. The van der Waals surface area contributed by atoms with Crippen LogP contribution in [-0.4, -0.2) is 35.2 Å². The van der Waals surface area contributed by atoms with E-state index in [1.54, 1.807) is 11.0 Å². The Morgan fingerprint density at radius 3 is 3.05 bits per heavy atom. The number of nitrogens with zero attached hydrogens (tertiary/aromatic N) is 1. The van der Waals surface area contributed by atoms with E-state index in [9.17, 15) is 4.79 Å². The number of aryl methyl sites for hydroxylation is 1. The third-order valence-electron chi connectivity index (χ3n) is 3.42. The van der Waals surface area contributed by atoms with Gasteiger partial charge in [0.25, 0.3) is 5.91 Å². The van der Waals surface area contributed by atoms with Crippen LogP contribution in [-0.2, 0) is 9.53 Å². The highest BCUT2D eigenvalue weighted by Gasteiger charge is 2.33. The van der Waals surface area contributed by atoms with E-state index >= 15 is 0 Å². The number of amides is 1. The maximum Gasteiger partial charge on any atom is 0.276 e. The van der Waals surface area contributed by atoms with Crippen molar-refractivity contribution in [2.24, 2.45) is 0 Å². The van der Waals surface area contributed by atoms with Crippen LogP contribution in [0.3, 0.4) is 0 Å². The quantitative estimate of drug-likeness (QED) is 0.680. The first-order valence-corrected chi connectivity index (χ1v) is 7.07. The molecule has 3 rings (SSSR count). The van der Waals surface area contributed by atoms with Crippen molar-refractivity contribution in [3.05, 3.63) is 29.4 Å². The standard InChI is InChI=1S/C14H16N2O3S/c1-9-4-5-10(19-9)7-12-13(17)16(14(20)15-12)8-11-3-2-6-18-11/h4-5,7,11H,2-3,6,8H2,1H3,(H,15,20). The molecule has 5 nitrogen and oxygen atoms in total. The first-order chi connectivity index (χ1) is 9.63. The van der Waals surface area contributed by atoms with Crippen molar-refractivity contribution in [3.63, 3.8) is 0 Å². The second-order valence-corrected chi connectivity index (χ2v) is 5.37. The highest BCUT2D eigenvalue weighted by molar-refractivity contribution is 7.80. The number of ether oxygens (including phenoxy) is 1. The van der Waals surface area contributed by atoms with E-state index in [2.05, 4.69) is 5.32 Å². The van der Waals surface area contributed by atoms with Crippen LogP contribution in [0.2, 0.25) is 0 Å². The molecule has 2 aliphatic rings. The summed E-state index contributed by atoms with van der Waals surface area (Å²) in [4.78, 5) is 13.9. The molecule has 1 unspecified atom stereocenters. The topological polar surface area (TPSA) is 54.7 Å². The zero-order valence-corrected chi connectivity index (χ0v) is 12.0. The van der Waals surface area contributed by atoms with E-state index in [0.29, 0.717) is 23.1 Å². The number of furan rings is 1. The third-order valence-corrected chi connectivity index (χ3v) is 3.74. The molecule has 2 fully saturated rings. The third kappa shape index (κ3) is 2.62. The molecule has 106 valence electrons. The van der Waals surface area contributed by atoms with Crippen LogP contribution in [0.5, 0.6) is 0 Å². The zero-order chi connectivity index (χ0) is 14.1.